The van der Waals surface area contributed by atoms with Gasteiger partial charge in [-0.1, -0.05) is 36.4 Å². The number of anilines is 1. The summed E-state index contributed by atoms with van der Waals surface area (Å²) in [6.07, 6.45) is 0.0578. The van der Waals surface area contributed by atoms with E-state index in [-0.39, 0.29) is 17.9 Å². The van der Waals surface area contributed by atoms with Crippen molar-refractivity contribution in [2.24, 2.45) is 0 Å². The maximum atomic E-state index is 12.6. The van der Waals surface area contributed by atoms with E-state index in [4.69, 9.17) is 4.74 Å². The molecule has 0 aliphatic carbocycles. The molecule has 1 N–H and O–H groups in total. The fraction of sp³-hybridized carbons (Fsp3) is 0.238. The van der Waals surface area contributed by atoms with Gasteiger partial charge in [0.2, 0.25) is 5.91 Å². The highest BCUT2D eigenvalue weighted by molar-refractivity contribution is 5.93. The molecule has 0 saturated carbocycles. The van der Waals surface area contributed by atoms with Crippen LogP contribution in [0.2, 0.25) is 0 Å². The van der Waals surface area contributed by atoms with Crippen LogP contribution in [0.4, 0.5) is 5.69 Å². The standard InChI is InChI=1S/C21H19N3O4/c1-13(25)24-11-10-19(16-8-4-5-9-18(16)24)28-20(26)12-17-14-6-2-3-7-15(14)21(27)23-22-17/h2-9,19H,10-12H2,1H3,(H,23,27). The van der Waals surface area contributed by atoms with Crippen LogP contribution in [0.15, 0.2) is 53.3 Å². The number of carbonyl (C=O) groups is 2. The maximum absolute atomic E-state index is 12.6. The van der Waals surface area contributed by atoms with E-state index in [1.54, 1.807) is 29.2 Å². The van der Waals surface area contributed by atoms with Gasteiger partial charge in [-0.15, -0.1) is 0 Å². The number of nitrogens with zero attached hydrogens (tertiary/aromatic N) is 2. The minimum atomic E-state index is -0.430. The topological polar surface area (TPSA) is 92.4 Å². The Hall–Kier alpha value is -3.48. The van der Waals surface area contributed by atoms with Crippen LogP contribution in [0, 0.1) is 0 Å². The molecule has 0 radical (unpaired) electrons. The van der Waals surface area contributed by atoms with Crippen molar-refractivity contribution in [1.29, 1.82) is 0 Å². The summed E-state index contributed by atoms with van der Waals surface area (Å²) >= 11 is 0. The summed E-state index contributed by atoms with van der Waals surface area (Å²) in [4.78, 5) is 38.0. The van der Waals surface area contributed by atoms with Crippen molar-refractivity contribution in [2.75, 3.05) is 11.4 Å². The van der Waals surface area contributed by atoms with Crippen molar-refractivity contribution in [2.45, 2.75) is 25.9 Å². The number of amides is 1. The fourth-order valence-corrected chi connectivity index (χ4v) is 3.62. The zero-order valence-corrected chi connectivity index (χ0v) is 15.3. The monoisotopic (exact) mass is 377 g/mol. The highest BCUT2D eigenvalue weighted by Crippen LogP contribution is 2.36. The Kier molecular flexibility index (Phi) is 4.65. The molecule has 28 heavy (non-hydrogen) atoms. The van der Waals surface area contributed by atoms with Gasteiger partial charge < -0.3 is 9.64 Å². The molecule has 1 amide bonds. The van der Waals surface area contributed by atoms with Gasteiger partial charge in [-0.3, -0.25) is 14.4 Å². The predicted molar refractivity (Wildman–Crippen MR) is 104 cm³/mol. The van der Waals surface area contributed by atoms with Crippen molar-refractivity contribution >= 4 is 28.3 Å². The first-order valence-corrected chi connectivity index (χ1v) is 9.07. The van der Waals surface area contributed by atoms with E-state index >= 15 is 0 Å². The molecule has 2 heterocycles. The molecule has 1 aromatic heterocycles. The van der Waals surface area contributed by atoms with Gasteiger partial charge in [0.1, 0.15) is 6.10 Å². The number of benzene rings is 2. The van der Waals surface area contributed by atoms with Crippen molar-refractivity contribution in [3.05, 3.63) is 70.1 Å². The zero-order chi connectivity index (χ0) is 19.7. The third-order valence-corrected chi connectivity index (χ3v) is 4.93. The summed E-state index contributed by atoms with van der Waals surface area (Å²) in [5.74, 6) is -0.470. The number of H-pyrrole nitrogens is 1. The molecule has 1 unspecified atom stereocenters. The summed E-state index contributed by atoms with van der Waals surface area (Å²) < 4.78 is 5.72. The average Bonchev–Trinajstić information content (AvgIpc) is 2.70. The largest absolute Gasteiger partial charge is 0.457 e. The molecule has 142 valence electrons. The smallest absolute Gasteiger partial charge is 0.312 e. The fourth-order valence-electron chi connectivity index (χ4n) is 3.62. The summed E-state index contributed by atoms with van der Waals surface area (Å²) in [6, 6.07) is 14.5. The Balaban J connectivity index is 1.57. The van der Waals surface area contributed by atoms with Gasteiger partial charge in [0.25, 0.3) is 5.56 Å². The first-order valence-electron chi connectivity index (χ1n) is 9.07. The first-order chi connectivity index (χ1) is 13.5. The lowest BCUT2D eigenvalue weighted by Crippen LogP contribution is -2.36. The van der Waals surface area contributed by atoms with E-state index in [1.807, 2.05) is 24.3 Å². The lowest BCUT2D eigenvalue weighted by molar-refractivity contribution is -0.149. The average molecular weight is 377 g/mol. The lowest BCUT2D eigenvalue weighted by atomic mass is 9.98. The van der Waals surface area contributed by atoms with E-state index in [2.05, 4.69) is 10.2 Å². The van der Waals surface area contributed by atoms with Gasteiger partial charge in [-0.05, 0) is 12.1 Å². The summed E-state index contributed by atoms with van der Waals surface area (Å²) in [7, 11) is 0. The van der Waals surface area contributed by atoms with E-state index in [0.29, 0.717) is 29.4 Å². The summed E-state index contributed by atoms with van der Waals surface area (Å²) in [6.45, 7) is 2.01. The Morgan fingerprint density at radius 3 is 2.64 bits per heavy atom. The van der Waals surface area contributed by atoms with E-state index < -0.39 is 12.1 Å². The number of nitrogens with one attached hydrogen (secondary N) is 1. The molecule has 0 saturated heterocycles. The van der Waals surface area contributed by atoms with Gasteiger partial charge in [-0.2, -0.15) is 5.10 Å². The molecule has 0 bridgehead atoms. The number of esters is 1. The van der Waals surface area contributed by atoms with Gasteiger partial charge in [0, 0.05) is 30.8 Å². The van der Waals surface area contributed by atoms with Crippen molar-refractivity contribution in [3.63, 3.8) is 0 Å². The molecule has 3 aromatic rings. The number of hydrogen-bond acceptors (Lipinski definition) is 5. The highest BCUT2D eigenvalue weighted by atomic mass is 16.5. The zero-order valence-electron chi connectivity index (χ0n) is 15.3. The minimum Gasteiger partial charge on any atom is -0.457 e. The Labute approximate surface area is 160 Å². The van der Waals surface area contributed by atoms with Crippen LogP contribution in [-0.4, -0.2) is 28.6 Å². The second-order valence-electron chi connectivity index (χ2n) is 6.72. The minimum absolute atomic E-state index is 0.0406. The van der Waals surface area contributed by atoms with Crippen LogP contribution < -0.4 is 10.5 Å². The number of hydrogen-bond donors (Lipinski definition) is 1. The molecular weight excluding hydrogens is 358 g/mol. The Morgan fingerprint density at radius 1 is 1.14 bits per heavy atom. The Morgan fingerprint density at radius 2 is 1.86 bits per heavy atom. The Bertz CT molecular complexity index is 1120. The van der Waals surface area contributed by atoms with Crippen LogP contribution in [0.25, 0.3) is 10.8 Å². The molecular formula is C21H19N3O4. The summed E-state index contributed by atoms with van der Waals surface area (Å²) in [5, 5.41) is 7.58. The number of aromatic amines is 1. The maximum Gasteiger partial charge on any atom is 0.312 e. The molecule has 4 rings (SSSR count). The molecule has 1 aliphatic rings. The number of carbonyl (C=O) groups excluding carboxylic acids is 2. The van der Waals surface area contributed by atoms with E-state index in [9.17, 15) is 14.4 Å². The number of ether oxygens (including phenoxy) is 1. The molecule has 1 aliphatic heterocycles. The van der Waals surface area contributed by atoms with Crippen molar-refractivity contribution in [1.82, 2.24) is 10.2 Å². The van der Waals surface area contributed by atoms with Crippen molar-refractivity contribution < 1.29 is 14.3 Å². The molecule has 7 heteroatoms. The van der Waals surface area contributed by atoms with Gasteiger partial charge in [-0.25, -0.2) is 5.10 Å². The SMILES string of the molecule is CC(=O)N1CCC(OC(=O)Cc2n[nH]c(=O)c3ccccc23)c2ccccc21. The van der Waals surface area contributed by atoms with Crippen LogP contribution in [0.3, 0.4) is 0 Å². The quantitative estimate of drug-likeness (QED) is 0.708. The highest BCUT2D eigenvalue weighted by Gasteiger charge is 2.29. The summed E-state index contributed by atoms with van der Waals surface area (Å²) in [5.41, 5.74) is 1.76. The molecule has 0 spiro atoms. The number of aromatic nitrogens is 2. The van der Waals surface area contributed by atoms with Gasteiger partial charge in [0.05, 0.1) is 23.2 Å². The van der Waals surface area contributed by atoms with Gasteiger partial charge >= 0.3 is 5.97 Å². The molecule has 7 nitrogen and oxygen atoms in total. The van der Waals surface area contributed by atoms with Crippen LogP contribution in [0.5, 0.6) is 0 Å². The normalized spacial score (nSPS) is 15.9. The second-order valence-corrected chi connectivity index (χ2v) is 6.72. The molecule has 1 atom stereocenters. The molecule has 2 aromatic carbocycles. The van der Waals surface area contributed by atoms with Crippen LogP contribution >= 0.6 is 0 Å². The van der Waals surface area contributed by atoms with Crippen molar-refractivity contribution in [3.8, 4) is 0 Å². The third kappa shape index (κ3) is 3.26. The third-order valence-electron chi connectivity index (χ3n) is 4.93. The van der Waals surface area contributed by atoms with Crippen LogP contribution in [-0.2, 0) is 20.7 Å². The number of fused-ring (bicyclic) bond motifs is 2. The van der Waals surface area contributed by atoms with Gasteiger partial charge in [0.15, 0.2) is 0 Å². The lowest BCUT2D eigenvalue weighted by Gasteiger charge is -2.33. The predicted octanol–water partition coefficient (Wildman–Crippen LogP) is 2.51. The van der Waals surface area contributed by atoms with E-state index in [0.717, 1.165) is 11.3 Å². The van der Waals surface area contributed by atoms with E-state index in [1.165, 1.54) is 6.92 Å². The number of rotatable bonds is 3. The van der Waals surface area contributed by atoms with Crippen LogP contribution in [0.1, 0.15) is 30.7 Å². The number of para-hydroxylation sites is 1. The first kappa shape index (κ1) is 17.9. The second kappa shape index (κ2) is 7.26. The molecule has 0 fully saturated rings.